The van der Waals surface area contributed by atoms with Gasteiger partial charge in [0.1, 0.15) is 10.7 Å². The lowest BCUT2D eigenvalue weighted by Crippen LogP contribution is -2.31. The molecule has 24 heavy (non-hydrogen) atoms. The fourth-order valence-electron chi connectivity index (χ4n) is 2.33. The van der Waals surface area contributed by atoms with E-state index in [1.807, 2.05) is 5.38 Å². The molecule has 0 aromatic carbocycles. The van der Waals surface area contributed by atoms with Gasteiger partial charge in [-0.15, -0.1) is 22.7 Å². The second-order valence-electron chi connectivity index (χ2n) is 5.23. The first-order valence-corrected chi connectivity index (χ1v) is 9.00. The molecule has 0 unspecified atom stereocenters. The number of aryl methyl sites for hydroxylation is 1. The Labute approximate surface area is 145 Å². The molecule has 0 fully saturated rings. The third-order valence-electron chi connectivity index (χ3n) is 3.57. The molecular weight excluding hydrogens is 346 g/mol. The van der Waals surface area contributed by atoms with Gasteiger partial charge in [-0.3, -0.25) is 19.0 Å². The lowest BCUT2D eigenvalue weighted by atomic mass is 10.3. The molecule has 1 amide bonds. The third-order valence-corrected chi connectivity index (χ3v) is 5.56. The normalized spacial score (nSPS) is 10.9. The van der Waals surface area contributed by atoms with E-state index in [0.29, 0.717) is 34.1 Å². The number of thiophene rings is 2. The van der Waals surface area contributed by atoms with Crippen molar-refractivity contribution in [3.8, 4) is 0 Å². The molecule has 0 radical (unpaired) electrons. The SMILES string of the molecule is CC(=O)c1ccc(C(=O)NCCn2c(C)nc3sccc3c2=O)s1. The van der Waals surface area contributed by atoms with Gasteiger partial charge in [-0.25, -0.2) is 4.98 Å². The number of fused-ring (bicyclic) bond motifs is 1. The number of Topliss-reactive ketones (excluding diaryl/α,β-unsaturated/α-hetero) is 1. The number of hydrogen-bond acceptors (Lipinski definition) is 6. The van der Waals surface area contributed by atoms with E-state index >= 15 is 0 Å². The topological polar surface area (TPSA) is 81.1 Å². The Kier molecular flexibility index (Phi) is 4.59. The quantitative estimate of drug-likeness (QED) is 0.708. The average Bonchev–Trinajstić information content (AvgIpc) is 3.19. The number of nitrogens with zero attached hydrogens (tertiary/aromatic N) is 2. The first kappa shape index (κ1) is 16.5. The molecule has 0 aliphatic rings. The largest absolute Gasteiger partial charge is 0.350 e. The molecule has 0 saturated carbocycles. The summed E-state index contributed by atoms with van der Waals surface area (Å²) < 4.78 is 1.56. The van der Waals surface area contributed by atoms with Crippen molar-refractivity contribution in [2.75, 3.05) is 6.54 Å². The zero-order chi connectivity index (χ0) is 17.3. The zero-order valence-electron chi connectivity index (χ0n) is 13.2. The Hall–Kier alpha value is -2.32. The van der Waals surface area contributed by atoms with Crippen LogP contribution in [0.4, 0.5) is 0 Å². The van der Waals surface area contributed by atoms with Crippen LogP contribution in [0.5, 0.6) is 0 Å². The van der Waals surface area contributed by atoms with Gasteiger partial charge >= 0.3 is 0 Å². The number of rotatable bonds is 5. The number of aromatic nitrogens is 2. The standard InChI is InChI=1S/C16H15N3O3S2/c1-9(20)12-3-4-13(24-12)14(21)17-6-7-19-10(2)18-15-11(16(19)22)5-8-23-15/h3-5,8H,6-7H2,1-2H3,(H,17,21). The smallest absolute Gasteiger partial charge is 0.262 e. The van der Waals surface area contributed by atoms with Gasteiger partial charge in [0.15, 0.2) is 5.78 Å². The van der Waals surface area contributed by atoms with Crippen molar-refractivity contribution in [3.05, 3.63) is 49.5 Å². The van der Waals surface area contributed by atoms with Gasteiger partial charge in [0.25, 0.3) is 11.5 Å². The Bertz CT molecular complexity index is 984. The zero-order valence-corrected chi connectivity index (χ0v) is 14.8. The summed E-state index contributed by atoms with van der Waals surface area (Å²) >= 11 is 2.60. The van der Waals surface area contributed by atoms with E-state index in [0.717, 1.165) is 16.2 Å². The maximum atomic E-state index is 12.4. The van der Waals surface area contributed by atoms with Crippen molar-refractivity contribution in [2.45, 2.75) is 20.4 Å². The minimum absolute atomic E-state index is 0.0589. The van der Waals surface area contributed by atoms with E-state index in [9.17, 15) is 14.4 Å². The fraction of sp³-hybridized carbons (Fsp3) is 0.250. The second-order valence-corrected chi connectivity index (χ2v) is 7.21. The van der Waals surface area contributed by atoms with Gasteiger partial charge < -0.3 is 5.32 Å². The van der Waals surface area contributed by atoms with Gasteiger partial charge in [0.2, 0.25) is 0 Å². The summed E-state index contributed by atoms with van der Waals surface area (Å²) in [5, 5.41) is 5.21. The van der Waals surface area contributed by atoms with Crippen LogP contribution in [-0.4, -0.2) is 27.8 Å². The van der Waals surface area contributed by atoms with E-state index in [1.54, 1.807) is 29.7 Å². The number of carbonyl (C=O) groups is 2. The lowest BCUT2D eigenvalue weighted by Gasteiger charge is -2.10. The summed E-state index contributed by atoms with van der Waals surface area (Å²) in [6.07, 6.45) is 0. The van der Waals surface area contributed by atoms with Crippen molar-refractivity contribution >= 4 is 44.6 Å². The summed E-state index contributed by atoms with van der Waals surface area (Å²) in [7, 11) is 0. The van der Waals surface area contributed by atoms with E-state index in [4.69, 9.17) is 0 Å². The molecule has 6 nitrogen and oxygen atoms in total. The summed E-state index contributed by atoms with van der Waals surface area (Å²) in [4.78, 5) is 42.0. The van der Waals surface area contributed by atoms with Crippen LogP contribution in [-0.2, 0) is 6.54 Å². The van der Waals surface area contributed by atoms with Crippen LogP contribution in [0.1, 0.15) is 32.1 Å². The molecule has 8 heteroatoms. The number of ketones is 1. The molecule has 1 N–H and O–H groups in total. The van der Waals surface area contributed by atoms with Crippen LogP contribution in [0.2, 0.25) is 0 Å². The molecule has 0 atom stereocenters. The minimum Gasteiger partial charge on any atom is -0.350 e. The molecule has 124 valence electrons. The Morgan fingerprint density at radius 2 is 2.00 bits per heavy atom. The number of nitrogens with one attached hydrogen (secondary N) is 1. The Morgan fingerprint density at radius 1 is 1.25 bits per heavy atom. The van der Waals surface area contributed by atoms with Gasteiger partial charge in [0, 0.05) is 13.1 Å². The molecule has 0 bridgehead atoms. The summed E-state index contributed by atoms with van der Waals surface area (Å²) in [5.41, 5.74) is -0.0945. The van der Waals surface area contributed by atoms with E-state index < -0.39 is 0 Å². The van der Waals surface area contributed by atoms with Crippen LogP contribution >= 0.6 is 22.7 Å². The number of carbonyl (C=O) groups excluding carboxylic acids is 2. The highest BCUT2D eigenvalue weighted by molar-refractivity contribution is 7.16. The summed E-state index contributed by atoms with van der Waals surface area (Å²) in [5.74, 6) is 0.318. The van der Waals surface area contributed by atoms with Gasteiger partial charge in [-0.2, -0.15) is 0 Å². The Morgan fingerprint density at radius 3 is 2.71 bits per heavy atom. The fourth-order valence-corrected chi connectivity index (χ4v) is 3.95. The van der Waals surface area contributed by atoms with Crippen molar-refractivity contribution in [3.63, 3.8) is 0 Å². The molecule has 0 saturated heterocycles. The van der Waals surface area contributed by atoms with Crippen molar-refractivity contribution in [1.29, 1.82) is 0 Å². The lowest BCUT2D eigenvalue weighted by molar-refractivity contribution is 0.0955. The van der Waals surface area contributed by atoms with Crippen LogP contribution in [0.15, 0.2) is 28.4 Å². The third kappa shape index (κ3) is 3.15. The van der Waals surface area contributed by atoms with Crippen LogP contribution in [0.3, 0.4) is 0 Å². The number of amides is 1. The summed E-state index contributed by atoms with van der Waals surface area (Å²) in [6.45, 7) is 3.90. The van der Waals surface area contributed by atoms with Crippen molar-refractivity contribution in [1.82, 2.24) is 14.9 Å². The van der Waals surface area contributed by atoms with Gasteiger partial charge in [-0.1, -0.05) is 0 Å². The highest BCUT2D eigenvalue weighted by Crippen LogP contribution is 2.17. The van der Waals surface area contributed by atoms with Crippen LogP contribution < -0.4 is 10.9 Å². The molecule has 3 heterocycles. The van der Waals surface area contributed by atoms with Crippen molar-refractivity contribution in [2.24, 2.45) is 0 Å². The molecule has 0 aliphatic heterocycles. The van der Waals surface area contributed by atoms with E-state index in [-0.39, 0.29) is 17.2 Å². The number of hydrogen-bond donors (Lipinski definition) is 1. The maximum Gasteiger partial charge on any atom is 0.262 e. The molecule has 0 aliphatic carbocycles. The molecule has 3 aromatic heterocycles. The molecule has 3 aromatic rings. The van der Waals surface area contributed by atoms with E-state index in [1.165, 1.54) is 18.3 Å². The van der Waals surface area contributed by atoms with Crippen LogP contribution in [0.25, 0.3) is 10.2 Å². The average molecular weight is 361 g/mol. The van der Waals surface area contributed by atoms with Crippen LogP contribution in [0, 0.1) is 6.92 Å². The first-order valence-electron chi connectivity index (χ1n) is 7.31. The highest BCUT2D eigenvalue weighted by Gasteiger charge is 2.12. The molecule has 0 spiro atoms. The highest BCUT2D eigenvalue weighted by atomic mass is 32.1. The molecule has 3 rings (SSSR count). The van der Waals surface area contributed by atoms with Gasteiger partial charge in [0.05, 0.1) is 15.1 Å². The minimum atomic E-state index is -0.247. The Balaban J connectivity index is 1.69. The summed E-state index contributed by atoms with van der Waals surface area (Å²) in [6, 6.07) is 5.04. The van der Waals surface area contributed by atoms with E-state index in [2.05, 4.69) is 10.3 Å². The first-order chi connectivity index (χ1) is 11.5. The van der Waals surface area contributed by atoms with Crippen molar-refractivity contribution < 1.29 is 9.59 Å². The molecular formula is C16H15N3O3S2. The van der Waals surface area contributed by atoms with Gasteiger partial charge in [-0.05, 0) is 37.4 Å². The predicted molar refractivity (Wildman–Crippen MR) is 95.3 cm³/mol. The monoisotopic (exact) mass is 361 g/mol. The second kappa shape index (κ2) is 6.66. The predicted octanol–water partition coefficient (Wildman–Crippen LogP) is 2.46. The maximum absolute atomic E-state index is 12.4.